The van der Waals surface area contributed by atoms with Crippen molar-refractivity contribution in [3.8, 4) is 10.6 Å². The summed E-state index contributed by atoms with van der Waals surface area (Å²) in [5.41, 5.74) is 0.478. The first kappa shape index (κ1) is 33.4. The molecule has 3 heterocycles. The Bertz CT molecular complexity index is 1870. The zero-order valence-corrected chi connectivity index (χ0v) is 26.7. The number of anilines is 2. The summed E-state index contributed by atoms with van der Waals surface area (Å²) in [5.74, 6) is -1.51. The summed E-state index contributed by atoms with van der Waals surface area (Å²) in [6.45, 7) is -0.0540. The third-order valence-corrected chi connectivity index (χ3v) is 11.1. The molecule has 2 aliphatic rings. The van der Waals surface area contributed by atoms with Gasteiger partial charge in [-0.05, 0) is 62.9 Å². The van der Waals surface area contributed by atoms with Gasteiger partial charge in [-0.25, -0.2) is 22.8 Å². The smallest absolute Gasteiger partial charge is 0.388 e. The van der Waals surface area contributed by atoms with Gasteiger partial charge in [-0.15, -0.1) is 11.3 Å². The second-order valence-electron chi connectivity index (χ2n) is 11.8. The quantitative estimate of drug-likeness (QED) is 0.0697. The molecule has 0 saturated heterocycles. The average Bonchev–Trinajstić information content (AvgIpc) is 3.70. The molecular formula is C30H32F4N6O5S2. The van der Waals surface area contributed by atoms with E-state index in [-0.39, 0.29) is 42.7 Å². The van der Waals surface area contributed by atoms with E-state index in [1.54, 1.807) is 13.1 Å². The monoisotopic (exact) mass is 696 g/mol. The molecule has 2 fully saturated rings. The Morgan fingerprint density at radius 2 is 1.85 bits per heavy atom. The van der Waals surface area contributed by atoms with Gasteiger partial charge >= 0.3 is 6.18 Å². The minimum absolute atomic E-state index is 0.0253. The molecule has 0 amide bonds. The molecule has 47 heavy (non-hydrogen) atoms. The molecule has 0 unspecified atom stereocenters. The van der Waals surface area contributed by atoms with Crippen molar-refractivity contribution < 1.29 is 40.9 Å². The fourth-order valence-electron chi connectivity index (χ4n) is 5.70. The molecule has 0 spiro atoms. The molecular weight excluding hydrogens is 664 g/mol. The van der Waals surface area contributed by atoms with E-state index >= 15 is 0 Å². The maximum atomic E-state index is 13.4. The molecule has 4 aromatic rings. The van der Waals surface area contributed by atoms with Crippen LogP contribution in [0.1, 0.15) is 43.0 Å². The van der Waals surface area contributed by atoms with Crippen LogP contribution in [0.2, 0.25) is 0 Å². The van der Waals surface area contributed by atoms with Crippen LogP contribution in [0.15, 0.2) is 41.4 Å². The van der Waals surface area contributed by atoms with Gasteiger partial charge < -0.3 is 25.6 Å². The second-order valence-corrected chi connectivity index (χ2v) is 14.9. The molecule has 4 N–H and O–H groups in total. The number of nitrogens with one attached hydrogen (secondary N) is 2. The summed E-state index contributed by atoms with van der Waals surface area (Å²) < 4.78 is 82.5. The van der Waals surface area contributed by atoms with Gasteiger partial charge in [-0.2, -0.15) is 18.2 Å². The molecule has 3 atom stereocenters. The van der Waals surface area contributed by atoms with E-state index in [1.807, 2.05) is 6.07 Å². The first-order valence-electron chi connectivity index (χ1n) is 14.9. The Hall–Kier alpha value is -3.51. The number of alkyl halides is 3. The lowest BCUT2D eigenvalue weighted by Crippen LogP contribution is -2.48. The number of nitrogens with zero attached hydrogens (tertiary/aromatic N) is 4. The number of aliphatic hydroxyl groups excluding tert-OH is 1. The van der Waals surface area contributed by atoms with Crippen LogP contribution in [0, 0.1) is 18.7 Å². The number of sulfone groups is 1. The Morgan fingerprint density at radius 1 is 1.11 bits per heavy atom. The molecule has 6 rings (SSSR count). The van der Waals surface area contributed by atoms with Gasteiger partial charge in [0.25, 0.3) is 0 Å². The van der Waals surface area contributed by atoms with E-state index in [9.17, 15) is 36.2 Å². The summed E-state index contributed by atoms with van der Waals surface area (Å²) in [6, 6.07) is 6.22. The maximum Gasteiger partial charge on any atom is 0.411 e. The lowest BCUT2D eigenvalue weighted by molar-refractivity contribution is -0.172. The molecule has 0 bridgehead atoms. The highest BCUT2D eigenvalue weighted by molar-refractivity contribution is 7.91. The predicted molar refractivity (Wildman–Crippen MR) is 166 cm³/mol. The minimum atomic E-state index is -4.47. The summed E-state index contributed by atoms with van der Waals surface area (Å²) in [7, 11) is -3.92. The summed E-state index contributed by atoms with van der Waals surface area (Å²) in [4.78, 5) is 18.3. The standard InChI is InChI=1S/C30H32F4N6O5S2/c1-16-22(27-38-24-21(46-27)9-11-35-23(24)17-2-3-17)26(39-28(37-16)36-12-13-45-15-30(32,33)34)40-29(42)10-8-18(25(29)41)14-47(43,44)20-6-4-19(31)5-7-20/h4-7,9,11,17-18,25,41-42H,2-3,8,10,12-15H2,1H3,(H2,36,37,39,40)/t18-,25-,29-/m1/s1. The number of ether oxygens (including phenoxy) is 1. The molecule has 1 aromatic carbocycles. The second kappa shape index (κ2) is 12.8. The van der Waals surface area contributed by atoms with Crippen molar-refractivity contribution in [3.63, 3.8) is 0 Å². The highest BCUT2D eigenvalue weighted by atomic mass is 32.2. The van der Waals surface area contributed by atoms with Crippen molar-refractivity contribution in [1.82, 2.24) is 19.9 Å². The summed E-state index contributed by atoms with van der Waals surface area (Å²) >= 11 is 1.37. The van der Waals surface area contributed by atoms with Crippen molar-refractivity contribution in [2.75, 3.05) is 36.1 Å². The van der Waals surface area contributed by atoms with Crippen molar-refractivity contribution in [2.45, 2.75) is 61.4 Å². The summed E-state index contributed by atoms with van der Waals surface area (Å²) in [5, 5.41) is 29.2. The molecule has 3 aromatic heterocycles. The van der Waals surface area contributed by atoms with Crippen LogP contribution >= 0.6 is 11.3 Å². The first-order valence-corrected chi connectivity index (χ1v) is 17.4. The first-order chi connectivity index (χ1) is 22.2. The number of hydrogen-bond donors (Lipinski definition) is 4. The SMILES string of the molecule is Cc1nc(NCCOCC(F)(F)F)nc(N[C@@]2(O)CC[C@H](CS(=O)(=O)c3ccc(F)cc3)[C@H]2O)c1-c1nc2c(C3CC3)nccc2s1. The number of pyridine rings is 1. The third-order valence-electron chi connectivity index (χ3n) is 8.17. The minimum Gasteiger partial charge on any atom is -0.388 e. The van der Waals surface area contributed by atoms with Crippen molar-refractivity contribution in [2.24, 2.45) is 5.92 Å². The number of fused-ring (bicyclic) bond motifs is 1. The van der Waals surface area contributed by atoms with Crippen LogP contribution in [-0.4, -0.2) is 82.1 Å². The highest BCUT2D eigenvalue weighted by Gasteiger charge is 2.49. The van der Waals surface area contributed by atoms with Gasteiger partial charge in [0.05, 0.1) is 38.9 Å². The van der Waals surface area contributed by atoms with E-state index in [0.717, 1.165) is 53.0 Å². The topological polar surface area (TPSA) is 159 Å². The average molecular weight is 697 g/mol. The van der Waals surface area contributed by atoms with E-state index in [4.69, 9.17) is 4.98 Å². The number of rotatable bonds is 12. The van der Waals surface area contributed by atoms with Crippen LogP contribution in [-0.2, 0) is 14.6 Å². The Kier molecular flexibility index (Phi) is 9.12. The zero-order valence-electron chi connectivity index (χ0n) is 25.1. The van der Waals surface area contributed by atoms with Crippen LogP contribution in [0.25, 0.3) is 20.8 Å². The number of halogens is 4. The van der Waals surface area contributed by atoms with Crippen LogP contribution in [0.4, 0.5) is 29.3 Å². The largest absolute Gasteiger partial charge is 0.411 e. The lowest BCUT2D eigenvalue weighted by atomic mass is 10.0. The van der Waals surface area contributed by atoms with E-state index in [2.05, 4.69) is 30.3 Å². The molecule has 17 heteroatoms. The van der Waals surface area contributed by atoms with Crippen molar-refractivity contribution in [1.29, 1.82) is 0 Å². The normalized spacial score (nSPS) is 21.8. The number of thiazole rings is 1. The van der Waals surface area contributed by atoms with Crippen LogP contribution in [0.5, 0.6) is 0 Å². The van der Waals surface area contributed by atoms with E-state index in [1.165, 1.54) is 11.3 Å². The van der Waals surface area contributed by atoms with Crippen molar-refractivity contribution >= 4 is 43.2 Å². The molecule has 11 nitrogen and oxygen atoms in total. The Labute approximate surface area is 271 Å². The Balaban J connectivity index is 1.29. The zero-order chi connectivity index (χ0) is 33.6. The van der Waals surface area contributed by atoms with Crippen LogP contribution < -0.4 is 10.6 Å². The van der Waals surface area contributed by atoms with Gasteiger partial charge in [-0.3, -0.25) is 4.98 Å². The number of aliphatic hydroxyl groups is 2. The number of benzene rings is 1. The highest BCUT2D eigenvalue weighted by Crippen LogP contribution is 2.45. The fraction of sp³-hybridized carbons (Fsp3) is 0.467. The van der Waals surface area contributed by atoms with Gasteiger partial charge in [-0.1, -0.05) is 0 Å². The molecule has 0 radical (unpaired) electrons. The van der Waals surface area contributed by atoms with Gasteiger partial charge in [0.2, 0.25) is 5.95 Å². The third kappa shape index (κ3) is 7.48. The Morgan fingerprint density at radius 3 is 2.55 bits per heavy atom. The molecule has 252 valence electrons. The van der Waals surface area contributed by atoms with Crippen LogP contribution in [0.3, 0.4) is 0 Å². The molecule has 0 aliphatic heterocycles. The van der Waals surface area contributed by atoms with Gasteiger partial charge in [0.1, 0.15) is 34.9 Å². The maximum absolute atomic E-state index is 13.4. The predicted octanol–water partition coefficient (Wildman–Crippen LogP) is 4.81. The molecule has 2 saturated carbocycles. The summed E-state index contributed by atoms with van der Waals surface area (Å²) in [6.07, 6.45) is -2.15. The fourth-order valence-corrected chi connectivity index (χ4v) is 8.42. The molecule has 2 aliphatic carbocycles. The number of hydrogen-bond acceptors (Lipinski definition) is 12. The van der Waals surface area contributed by atoms with Gasteiger partial charge in [0, 0.05) is 24.6 Å². The number of aryl methyl sites for hydroxylation is 1. The van der Waals surface area contributed by atoms with Crippen molar-refractivity contribution in [3.05, 3.63) is 53.7 Å². The van der Waals surface area contributed by atoms with Gasteiger partial charge in [0.15, 0.2) is 15.6 Å². The lowest BCUT2D eigenvalue weighted by Gasteiger charge is -2.31. The van der Waals surface area contributed by atoms with E-state index in [0.29, 0.717) is 22.2 Å². The van der Waals surface area contributed by atoms with E-state index < -0.39 is 51.9 Å². The number of aromatic nitrogens is 4.